The molecule has 4 aliphatic carbocycles. The maximum atomic E-state index is 13.5. The fourth-order valence-electron chi connectivity index (χ4n) is 9.01. The van der Waals surface area contributed by atoms with Gasteiger partial charge in [-0.3, -0.25) is 14.9 Å². The van der Waals surface area contributed by atoms with Crippen LogP contribution in [-0.4, -0.2) is 84.3 Å². The Morgan fingerprint density at radius 2 is 1.81 bits per heavy atom. The number of benzene rings is 1. The number of Topliss-reactive ketones (excluding diaryl/α,β-unsaturated/α-hetero) is 1. The molecule has 1 aliphatic heterocycles. The van der Waals surface area contributed by atoms with Crippen molar-refractivity contribution in [1.82, 2.24) is 4.90 Å². The predicted molar refractivity (Wildman–Crippen MR) is 159 cm³/mol. The second-order valence-electron chi connectivity index (χ2n) is 13.6. The molecule has 7 atom stereocenters. The Labute approximate surface area is 247 Å². The SMILES string of the molecule is CN1CCN(c2ccc(NC(=O)OCC(=O)[C@@]3(O)CCC4C5CCC6=CC(=O)C=CC6(C)C5[C@@H](O)CC43C)cc2)CC1. The molecule has 3 N–H and O–H groups in total. The lowest BCUT2D eigenvalue weighted by Gasteiger charge is -2.59. The van der Waals surface area contributed by atoms with E-state index in [2.05, 4.69) is 29.1 Å². The van der Waals surface area contributed by atoms with Gasteiger partial charge in [-0.2, -0.15) is 0 Å². The Balaban J connectivity index is 1.09. The van der Waals surface area contributed by atoms with Crippen molar-refractivity contribution in [3.8, 4) is 0 Å². The van der Waals surface area contributed by atoms with Crippen LogP contribution in [0.5, 0.6) is 0 Å². The lowest BCUT2D eigenvalue weighted by atomic mass is 9.46. The van der Waals surface area contributed by atoms with Gasteiger partial charge >= 0.3 is 6.09 Å². The molecule has 0 aromatic heterocycles. The van der Waals surface area contributed by atoms with Crippen molar-refractivity contribution in [2.45, 2.75) is 57.7 Å². The van der Waals surface area contributed by atoms with E-state index in [0.717, 1.165) is 50.3 Å². The van der Waals surface area contributed by atoms with Gasteiger partial charge in [0.15, 0.2) is 12.4 Å². The maximum Gasteiger partial charge on any atom is 0.412 e. The van der Waals surface area contributed by atoms with Crippen molar-refractivity contribution < 1.29 is 29.3 Å². The van der Waals surface area contributed by atoms with Gasteiger partial charge in [-0.15, -0.1) is 0 Å². The number of allylic oxidation sites excluding steroid dienone is 4. The summed E-state index contributed by atoms with van der Waals surface area (Å²) in [5, 5.41) is 26.1. The lowest BCUT2D eigenvalue weighted by Crippen LogP contribution is -2.61. The molecule has 1 heterocycles. The summed E-state index contributed by atoms with van der Waals surface area (Å²) in [7, 11) is 2.11. The third-order valence-corrected chi connectivity index (χ3v) is 11.4. The number of nitrogens with one attached hydrogen (secondary N) is 1. The summed E-state index contributed by atoms with van der Waals surface area (Å²) < 4.78 is 5.31. The van der Waals surface area contributed by atoms with Gasteiger partial charge in [-0.25, -0.2) is 4.79 Å². The van der Waals surface area contributed by atoms with Crippen molar-refractivity contribution >= 4 is 29.0 Å². The summed E-state index contributed by atoms with van der Waals surface area (Å²) in [6.07, 6.45) is 6.57. The van der Waals surface area contributed by atoms with Gasteiger partial charge in [0.25, 0.3) is 0 Å². The van der Waals surface area contributed by atoms with Crippen LogP contribution in [0.2, 0.25) is 0 Å². The molecule has 0 bridgehead atoms. The molecule has 4 fully saturated rings. The van der Waals surface area contributed by atoms with Crippen molar-refractivity contribution in [3.05, 3.63) is 48.1 Å². The topological polar surface area (TPSA) is 119 Å². The number of anilines is 2. The second-order valence-corrected chi connectivity index (χ2v) is 13.6. The summed E-state index contributed by atoms with van der Waals surface area (Å²) >= 11 is 0. The molecule has 9 heteroatoms. The fourth-order valence-corrected chi connectivity index (χ4v) is 9.01. The number of likely N-dealkylation sites (N-methyl/N-ethyl adjacent to an activating group) is 1. The van der Waals surface area contributed by atoms with E-state index in [1.807, 2.05) is 37.3 Å². The molecular weight excluding hydrogens is 534 g/mol. The number of amides is 1. The molecule has 3 saturated carbocycles. The zero-order valence-corrected chi connectivity index (χ0v) is 24.8. The van der Waals surface area contributed by atoms with Gasteiger partial charge in [0, 0.05) is 54.3 Å². The minimum absolute atomic E-state index is 0.0105. The molecule has 5 unspecified atom stereocenters. The number of piperazine rings is 1. The van der Waals surface area contributed by atoms with Crippen LogP contribution in [0.4, 0.5) is 16.2 Å². The Hall–Kier alpha value is -3.01. The Morgan fingerprint density at radius 3 is 2.52 bits per heavy atom. The first-order valence-corrected chi connectivity index (χ1v) is 15.3. The van der Waals surface area contributed by atoms with E-state index in [0.29, 0.717) is 12.1 Å². The van der Waals surface area contributed by atoms with Crippen LogP contribution < -0.4 is 10.2 Å². The zero-order valence-electron chi connectivity index (χ0n) is 24.8. The molecule has 6 rings (SSSR count). The number of hydrogen-bond donors (Lipinski definition) is 3. The third kappa shape index (κ3) is 4.70. The van der Waals surface area contributed by atoms with E-state index < -0.39 is 41.0 Å². The Bertz CT molecular complexity index is 1320. The minimum Gasteiger partial charge on any atom is -0.441 e. The number of ether oxygens (including phenoxy) is 1. The number of fused-ring (bicyclic) bond motifs is 5. The summed E-state index contributed by atoms with van der Waals surface area (Å²) in [6, 6.07) is 7.55. The van der Waals surface area contributed by atoms with Crippen LogP contribution in [0.3, 0.4) is 0 Å². The van der Waals surface area contributed by atoms with E-state index in [9.17, 15) is 24.6 Å². The summed E-state index contributed by atoms with van der Waals surface area (Å²) in [6.45, 7) is 7.38. The maximum absolute atomic E-state index is 13.5. The largest absolute Gasteiger partial charge is 0.441 e. The number of ketones is 2. The van der Waals surface area contributed by atoms with Gasteiger partial charge in [0.1, 0.15) is 5.60 Å². The molecule has 226 valence electrons. The van der Waals surface area contributed by atoms with Gasteiger partial charge in [-0.05, 0) is 87.4 Å². The number of nitrogens with zero attached hydrogens (tertiary/aromatic N) is 2. The molecule has 1 aromatic carbocycles. The standard InChI is InChI=1S/C33H43N3O6/c1-31-12-10-24(37)18-21(31)4-9-25-26-11-13-33(41,32(26,2)19-27(38)29(25)31)28(39)20-42-30(40)34-22-5-7-23(8-6-22)36-16-14-35(3)15-17-36/h5-8,10,12,18,25-27,29,38,41H,4,9,11,13-17,19-20H2,1-3H3,(H,34,40)/t25?,26?,27-,29?,31?,32?,33-/m0/s1. The third-order valence-electron chi connectivity index (χ3n) is 11.4. The average Bonchev–Trinajstić information content (AvgIpc) is 3.23. The van der Waals surface area contributed by atoms with Gasteiger partial charge < -0.3 is 24.7 Å². The van der Waals surface area contributed by atoms with Crippen LogP contribution in [0.1, 0.15) is 46.0 Å². The van der Waals surface area contributed by atoms with Crippen LogP contribution in [0.15, 0.2) is 48.1 Å². The lowest BCUT2D eigenvalue weighted by molar-refractivity contribution is -0.178. The van der Waals surface area contributed by atoms with Gasteiger partial charge in [0.05, 0.1) is 6.10 Å². The Morgan fingerprint density at radius 1 is 1.10 bits per heavy atom. The highest BCUT2D eigenvalue weighted by Gasteiger charge is 2.68. The highest BCUT2D eigenvalue weighted by molar-refractivity contribution is 6.01. The molecule has 1 aromatic rings. The number of rotatable bonds is 5. The van der Waals surface area contributed by atoms with Crippen LogP contribution in [-0.2, 0) is 14.3 Å². The van der Waals surface area contributed by atoms with E-state index in [1.54, 1.807) is 12.2 Å². The van der Waals surface area contributed by atoms with Crippen molar-refractivity contribution in [2.24, 2.45) is 28.6 Å². The highest BCUT2D eigenvalue weighted by atomic mass is 16.6. The van der Waals surface area contributed by atoms with Crippen LogP contribution in [0, 0.1) is 28.6 Å². The first-order chi connectivity index (χ1) is 19.9. The Kier molecular flexibility index (Phi) is 7.35. The van der Waals surface area contributed by atoms with Gasteiger partial charge in [0.2, 0.25) is 5.78 Å². The van der Waals surface area contributed by atoms with Gasteiger partial charge in [-0.1, -0.05) is 25.5 Å². The van der Waals surface area contributed by atoms with Crippen LogP contribution in [0.25, 0.3) is 0 Å². The fraction of sp³-hybridized carbons (Fsp3) is 0.606. The molecule has 5 aliphatic rings. The molecule has 42 heavy (non-hydrogen) atoms. The normalized spacial score (nSPS) is 37.8. The summed E-state index contributed by atoms with van der Waals surface area (Å²) in [4.78, 5) is 42.8. The average molecular weight is 578 g/mol. The minimum atomic E-state index is -1.69. The number of carbonyl (C=O) groups excluding carboxylic acids is 3. The molecular formula is C33H43N3O6. The summed E-state index contributed by atoms with van der Waals surface area (Å²) in [5.41, 5.74) is -0.217. The number of aliphatic hydroxyl groups is 2. The van der Waals surface area contributed by atoms with E-state index in [-0.39, 0.29) is 36.4 Å². The highest BCUT2D eigenvalue weighted by Crippen LogP contribution is 2.67. The first-order valence-electron chi connectivity index (χ1n) is 15.3. The van der Waals surface area contributed by atoms with Crippen molar-refractivity contribution in [3.63, 3.8) is 0 Å². The van der Waals surface area contributed by atoms with E-state index in [4.69, 9.17) is 4.74 Å². The van der Waals surface area contributed by atoms with E-state index >= 15 is 0 Å². The quantitative estimate of drug-likeness (QED) is 0.486. The monoisotopic (exact) mass is 577 g/mol. The number of hydrogen-bond acceptors (Lipinski definition) is 8. The summed E-state index contributed by atoms with van der Waals surface area (Å²) in [5.74, 6) is -0.467. The number of carbonyl (C=O) groups is 3. The molecule has 9 nitrogen and oxygen atoms in total. The van der Waals surface area contributed by atoms with E-state index in [1.165, 1.54) is 0 Å². The molecule has 1 saturated heterocycles. The van der Waals surface area contributed by atoms with Crippen molar-refractivity contribution in [1.29, 1.82) is 0 Å². The first kappa shape index (κ1) is 29.1. The predicted octanol–water partition coefficient (Wildman–Crippen LogP) is 3.57. The molecule has 0 radical (unpaired) electrons. The zero-order chi connectivity index (χ0) is 29.9. The smallest absolute Gasteiger partial charge is 0.412 e. The molecule has 1 amide bonds. The van der Waals surface area contributed by atoms with Crippen LogP contribution >= 0.6 is 0 Å². The molecule has 0 spiro atoms. The number of aliphatic hydroxyl groups excluding tert-OH is 1. The van der Waals surface area contributed by atoms with Crippen molar-refractivity contribution in [2.75, 3.05) is 50.1 Å². The second kappa shape index (κ2) is 10.6.